The highest BCUT2D eigenvalue weighted by Gasteiger charge is 2.28. The molecule has 2 atom stereocenters. The van der Waals surface area contributed by atoms with Crippen LogP contribution in [0.4, 0.5) is 0 Å². The Morgan fingerprint density at radius 1 is 0.697 bits per heavy atom. The van der Waals surface area contributed by atoms with E-state index >= 15 is 0 Å². The van der Waals surface area contributed by atoms with Crippen LogP contribution < -0.4 is 22.9 Å². The molecule has 0 saturated heterocycles. The van der Waals surface area contributed by atoms with Crippen molar-refractivity contribution in [3.63, 3.8) is 0 Å². The third-order valence-corrected chi connectivity index (χ3v) is 4.80. The molecule has 0 spiro atoms. The lowest BCUT2D eigenvalue weighted by Crippen LogP contribution is -2.28. The molecule has 8 N–H and O–H groups in total. The van der Waals surface area contributed by atoms with Crippen molar-refractivity contribution in [2.45, 2.75) is 80.1 Å². The van der Waals surface area contributed by atoms with E-state index in [2.05, 4.69) is 51.5 Å². The number of guanidine groups is 2. The minimum Gasteiger partial charge on any atom is -0.428 e. The fourth-order valence-corrected chi connectivity index (χ4v) is 3.56. The fourth-order valence-electron chi connectivity index (χ4n) is 3.56. The van der Waals surface area contributed by atoms with E-state index < -0.39 is 6.79 Å². The number of nitrogens with zero attached hydrogens (tertiary/aromatic N) is 2. The summed E-state index contributed by atoms with van der Waals surface area (Å²) < 4.78 is 10.6. The van der Waals surface area contributed by atoms with E-state index in [0.29, 0.717) is 51.6 Å². The smallest absolute Gasteiger partial charge is 0.311 e. The Hall–Kier alpha value is -2.52. The van der Waals surface area contributed by atoms with Crippen LogP contribution in [0.2, 0.25) is 0 Å². The van der Waals surface area contributed by atoms with Crippen LogP contribution in [0.3, 0.4) is 0 Å². The van der Waals surface area contributed by atoms with Gasteiger partial charge in [0, 0.05) is 13.1 Å². The lowest BCUT2D eigenvalue weighted by Gasteiger charge is -2.26. The maximum Gasteiger partial charge on any atom is 0.311 e. The molecule has 0 amide bonds. The summed E-state index contributed by atoms with van der Waals surface area (Å²) in [7, 11) is 0. The lowest BCUT2D eigenvalue weighted by atomic mass is 9.82. The van der Waals surface area contributed by atoms with Gasteiger partial charge >= 0.3 is 11.9 Å². The molecule has 10 heteroatoms. The van der Waals surface area contributed by atoms with E-state index in [9.17, 15) is 9.59 Å². The highest BCUT2D eigenvalue weighted by Crippen LogP contribution is 2.29. The van der Waals surface area contributed by atoms with Gasteiger partial charge in [-0.15, -0.1) is 0 Å². The Morgan fingerprint density at radius 3 is 1.30 bits per heavy atom. The molecule has 0 radical (unpaired) electrons. The van der Waals surface area contributed by atoms with Crippen molar-refractivity contribution in [1.29, 1.82) is 0 Å². The van der Waals surface area contributed by atoms with Gasteiger partial charge < -0.3 is 32.4 Å². The number of nitrogens with two attached hydrogens (primary N) is 4. The molecule has 0 aliphatic rings. The molecule has 0 heterocycles. The Kier molecular flexibility index (Phi) is 13.5. The van der Waals surface area contributed by atoms with Gasteiger partial charge in [0.25, 0.3) is 0 Å². The average molecular weight is 471 g/mol. The predicted molar refractivity (Wildman–Crippen MR) is 132 cm³/mol. The van der Waals surface area contributed by atoms with Crippen molar-refractivity contribution >= 4 is 23.9 Å². The summed E-state index contributed by atoms with van der Waals surface area (Å²) in [6.07, 6.45) is 3.74. The monoisotopic (exact) mass is 470 g/mol. The summed E-state index contributed by atoms with van der Waals surface area (Å²) in [5.74, 6) is -1.38. The second kappa shape index (κ2) is 14.6. The van der Waals surface area contributed by atoms with Gasteiger partial charge in [0.1, 0.15) is 0 Å². The van der Waals surface area contributed by atoms with Crippen LogP contribution >= 0.6 is 0 Å². The fraction of sp³-hybridized carbons (Fsp3) is 0.826. The number of esters is 2. The van der Waals surface area contributed by atoms with Gasteiger partial charge in [-0.1, -0.05) is 41.5 Å². The summed E-state index contributed by atoms with van der Waals surface area (Å²) >= 11 is 0. The highest BCUT2D eigenvalue weighted by atomic mass is 16.7. The summed E-state index contributed by atoms with van der Waals surface area (Å²) in [6, 6.07) is 0. The first-order chi connectivity index (χ1) is 15.1. The first-order valence-electron chi connectivity index (χ1n) is 11.5. The van der Waals surface area contributed by atoms with Crippen LogP contribution in [0.1, 0.15) is 80.1 Å². The summed E-state index contributed by atoms with van der Waals surface area (Å²) in [6.45, 7) is 12.8. The molecule has 192 valence electrons. The lowest BCUT2D eigenvalue weighted by molar-refractivity contribution is -0.174. The number of carbonyl (C=O) groups excluding carboxylic acids is 2. The van der Waals surface area contributed by atoms with Gasteiger partial charge in [0.15, 0.2) is 11.9 Å². The number of ether oxygens (including phenoxy) is 2. The third-order valence-electron chi connectivity index (χ3n) is 4.80. The van der Waals surface area contributed by atoms with E-state index in [1.54, 1.807) is 0 Å². The molecule has 0 fully saturated rings. The number of rotatable bonds is 14. The van der Waals surface area contributed by atoms with Crippen molar-refractivity contribution < 1.29 is 19.1 Å². The van der Waals surface area contributed by atoms with Gasteiger partial charge in [-0.05, 0) is 49.4 Å². The van der Waals surface area contributed by atoms with Crippen molar-refractivity contribution in [2.75, 3.05) is 19.9 Å². The third kappa shape index (κ3) is 17.7. The minimum absolute atomic E-state index is 0.0278. The topological polar surface area (TPSA) is 181 Å². The molecule has 0 aromatic heterocycles. The SMILES string of the molecule is CC(C)(C)CC(CCCN=C(N)N)C(=O)OCOC(=O)C(CCCN=C(N)N)CC(C)(C)C. The predicted octanol–water partition coefficient (Wildman–Crippen LogP) is 2.24. The van der Waals surface area contributed by atoms with Gasteiger partial charge in [0.05, 0.1) is 11.8 Å². The first kappa shape index (κ1) is 30.5. The molecule has 0 aliphatic carbocycles. The Morgan fingerprint density at radius 2 is 1.03 bits per heavy atom. The van der Waals surface area contributed by atoms with E-state index in [1.165, 1.54) is 0 Å². The van der Waals surface area contributed by atoms with E-state index in [1.807, 2.05) is 0 Å². The van der Waals surface area contributed by atoms with Crippen LogP contribution in [0.25, 0.3) is 0 Å². The number of hydrogen-bond acceptors (Lipinski definition) is 6. The summed E-state index contributed by atoms with van der Waals surface area (Å²) in [4.78, 5) is 33.2. The molecular formula is C23H46N6O4. The second-order valence-electron chi connectivity index (χ2n) is 10.9. The molecule has 0 bridgehead atoms. The van der Waals surface area contributed by atoms with Crippen molar-refractivity contribution in [3.05, 3.63) is 0 Å². The molecular weight excluding hydrogens is 424 g/mol. The Bertz CT molecular complexity index is 601. The normalized spacial score (nSPS) is 13.5. The van der Waals surface area contributed by atoms with Crippen molar-refractivity contribution in [2.24, 2.45) is 55.6 Å². The van der Waals surface area contributed by atoms with Gasteiger partial charge in [0.2, 0.25) is 6.79 Å². The molecule has 0 aromatic carbocycles. The Balaban J connectivity index is 4.84. The van der Waals surface area contributed by atoms with Crippen LogP contribution in [-0.2, 0) is 19.1 Å². The zero-order chi connectivity index (χ0) is 25.7. The maximum absolute atomic E-state index is 12.7. The molecule has 0 saturated carbocycles. The van der Waals surface area contributed by atoms with E-state index in [-0.39, 0.29) is 46.5 Å². The van der Waals surface area contributed by atoms with Crippen LogP contribution in [0.15, 0.2) is 9.98 Å². The van der Waals surface area contributed by atoms with E-state index in [0.717, 1.165) is 0 Å². The maximum atomic E-state index is 12.7. The molecule has 0 aliphatic heterocycles. The van der Waals surface area contributed by atoms with Gasteiger partial charge in [-0.2, -0.15) is 0 Å². The number of hydrogen-bond donors (Lipinski definition) is 4. The number of aliphatic imine (C=N–C) groups is 2. The number of carbonyl (C=O) groups is 2. The second-order valence-corrected chi connectivity index (χ2v) is 10.9. The summed E-state index contributed by atoms with van der Waals surface area (Å²) in [5.41, 5.74) is 21.3. The Labute approximate surface area is 198 Å². The molecule has 33 heavy (non-hydrogen) atoms. The zero-order valence-electron chi connectivity index (χ0n) is 21.4. The zero-order valence-corrected chi connectivity index (χ0v) is 21.4. The standard InChI is InChI=1S/C23H46N6O4/c1-22(2,3)13-16(9-7-11-28-20(24)25)18(30)32-15-33-19(31)17(14-23(4,5)6)10-8-12-29-21(26)27/h16-17H,7-15H2,1-6H3,(H4,24,25,28)(H4,26,27,29). The minimum atomic E-state index is -0.402. The average Bonchev–Trinajstić information content (AvgIpc) is 2.64. The van der Waals surface area contributed by atoms with Crippen LogP contribution in [0.5, 0.6) is 0 Å². The molecule has 0 rings (SSSR count). The highest BCUT2D eigenvalue weighted by molar-refractivity contribution is 5.76. The van der Waals surface area contributed by atoms with Gasteiger partial charge in [-0.3, -0.25) is 19.6 Å². The van der Waals surface area contributed by atoms with Crippen molar-refractivity contribution in [1.82, 2.24) is 0 Å². The van der Waals surface area contributed by atoms with Crippen LogP contribution in [-0.4, -0.2) is 43.7 Å². The first-order valence-corrected chi connectivity index (χ1v) is 11.5. The quantitative estimate of drug-likeness (QED) is 0.0979. The largest absolute Gasteiger partial charge is 0.428 e. The summed E-state index contributed by atoms with van der Waals surface area (Å²) in [5, 5.41) is 0. The van der Waals surface area contributed by atoms with Crippen molar-refractivity contribution in [3.8, 4) is 0 Å². The molecule has 0 aromatic rings. The van der Waals surface area contributed by atoms with E-state index in [4.69, 9.17) is 32.4 Å². The van der Waals surface area contributed by atoms with Crippen LogP contribution in [0, 0.1) is 22.7 Å². The molecule has 2 unspecified atom stereocenters. The molecule has 10 nitrogen and oxygen atoms in total. The van der Waals surface area contributed by atoms with Gasteiger partial charge in [-0.25, -0.2) is 0 Å².